The molecule has 0 aromatic heterocycles. The van der Waals surface area contributed by atoms with Crippen LogP contribution in [0.5, 0.6) is 0 Å². The fourth-order valence-corrected chi connectivity index (χ4v) is 2.10. The fourth-order valence-electron chi connectivity index (χ4n) is 2.10. The number of aromatic carboxylic acids is 1. The van der Waals surface area contributed by atoms with Crippen LogP contribution in [0.25, 0.3) is 6.08 Å². The summed E-state index contributed by atoms with van der Waals surface area (Å²) in [6.45, 7) is 0.313. The van der Waals surface area contributed by atoms with Crippen LogP contribution in [0.4, 0.5) is 10.5 Å². The van der Waals surface area contributed by atoms with Crippen molar-refractivity contribution < 1.29 is 24.4 Å². The maximum Gasteiger partial charge on any atom is 0.407 e. The van der Waals surface area contributed by atoms with Crippen LogP contribution >= 0.6 is 0 Å². The molecule has 0 aliphatic rings. The summed E-state index contributed by atoms with van der Waals surface area (Å²) in [6, 6.07) is 13.0. The van der Waals surface area contributed by atoms with Crippen molar-refractivity contribution >= 4 is 23.8 Å². The highest BCUT2D eigenvalue weighted by atomic mass is 16.6. The zero-order valence-electron chi connectivity index (χ0n) is 13.6. The maximum atomic E-state index is 11.6. The van der Waals surface area contributed by atoms with Crippen LogP contribution in [-0.4, -0.2) is 28.6 Å². The summed E-state index contributed by atoms with van der Waals surface area (Å²) in [5, 5.41) is 22.4. The molecule has 0 saturated carbocycles. The Kier molecular flexibility index (Phi) is 6.44. The number of rotatable bonds is 7. The van der Waals surface area contributed by atoms with Crippen molar-refractivity contribution in [1.82, 2.24) is 5.32 Å². The molecule has 26 heavy (non-hydrogen) atoms. The number of benzene rings is 2. The fraction of sp³-hybridized carbons (Fsp3) is 0.111. The average molecular weight is 356 g/mol. The van der Waals surface area contributed by atoms with Gasteiger partial charge in [-0.15, -0.1) is 0 Å². The van der Waals surface area contributed by atoms with E-state index in [1.54, 1.807) is 12.2 Å². The number of carbonyl (C=O) groups excluding carboxylic acids is 1. The molecule has 0 unspecified atom stereocenters. The molecule has 2 rings (SSSR count). The molecule has 2 aromatic carbocycles. The molecule has 0 aliphatic carbocycles. The summed E-state index contributed by atoms with van der Waals surface area (Å²) in [4.78, 5) is 32.7. The minimum atomic E-state index is -1.38. The van der Waals surface area contributed by atoms with Gasteiger partial charge in [-0.05, 0) is 23.3 Å². The Morgan fingerprint density at radius 3 is 2.58 bits per heavy atom. The van der Waals surface area contributed by atoms with Crippen molar-refractivity contribution in [3.05, 3.63) is 81.4 Å². The second-order valence-electron chi connectivity index (χ2n) is 5.18. The van der Waals surface area contributed by atoms with Gasteiger partial charge in [-0.25, -0.2) is 9.59 Å². The molecular formula is C18H16N2O6. The Labute approximate surface area is 148 Å². The summed E-state index contributed by atoms with van der Waals surface area (Å²) in [5.74, 6) is -1.38. The molecule has 8 nitrogen and oxygen atoms in total. The molecule has 0 spiro atoms. The summed E-state index contributed by atoms with van der Waals surface area (Å²) in [6.07, 6.45) is 2.54. The Hall–Kier alpha value is -3.68. The van der Waals surface area contributed by atoms with Crippen LogP contribution in [-0.2, 0) is 11.3 Å². The van der Waals surface area contributed by atoms with Gasteiger partial charge >= 0.3 is 12.1 Å². The zero-order chi connectivity index (χ0) is 18.9. The lowest BCUT2D eigenvalue weighted by atomic mass is 10.1. The van der Waals surface area contributed by atoms with Crippen LogP contribution in [0.1, 0.15) is 21.5 Å². The number of hydrogen-bond acceptors (Lipinski definition) is 5. The van der Waals surface area contributed by atoms with Crippen LogP contribution in [0.2, 0.25) is 0 Å². The van der Waals surface area contributed by atoms with Crippen LogP contribution < -0.4 is 5.32 Å². The van der Waals surface area contributed by atoms with Crippen molar-refractivity contribution in [2.45, 2.75) is 6.61 Å². The first-order valence-corrected chi connectivity index (χ1v) is 7.60. The average Bonchev–Trinajstić information content (AvgIpc) is 2.64. The molecule has 2 aromatic rings. The highest BCUT2D eigenvalue weighted by molar-refractivity contribution is 5.93. The third-order valence-electron chi connectivity index (χ3n) is 3.34. The zero-order valence-corrected chi connectivity index (χ0v) is 13.6. The number of nitro groups is 1. The lowest BCUT2D eigenvalue weighted by Crippen LogP contribution is -2.24. The molecular weight excluding hydrogens is 340 g/mol. The van der Waals surface area contributed by atoms with Gasteiger partial charge in [0.05, 0.1) is 4.92 Å². The van der Waals surface area contributed by atoms with Gasteiger partial charge in [-0.2, -0.15) is 0 Å². The van der Waals surface area contributed by atoms with Gasteiger partial charge in [-0.1, -0.05) is 42.5 Å². The van der Waals surface area contributed by atoms with Crippen molar-refractivity contribution in [1.29, 1.82) is 0 Å². The van der Waals surface area contributed by atoms with Gasteiger partial charge < -0.3 is 15.2 Å². The Balaban J connectivity index is 1.86. The van der Waals surface area contributed by atoms with Crippen molar-refractivity contribution in [2.75, 3.05) is 6.54 Å². The van der Waals surface area contributed by atoms with E-state index in [9.17, 15) is 19.7 Å². The quantitative estimate of drug-likeness (QED) is 0.581. The van der Waals surface area contributed by atoms with E-state index < -0.39 is 28.2 Å². The van der Waals surface area contributed by atoms with Crippen molar-refractivity contribution in [2.24, 2.45) is 0 Å². The van der Waals surface area contributed by atoms with Gasteiger partial charge in [0.25, 0.3) is 5.69 Å². The minimum Gasteiger partial charge on any atom is -0.477 e. The highest BCUT2D eigenvalue weighted by Crippen LogP contribution is 2.20. The standard InChI is InChI=1S/C18H16N2O6/c21-17(22)15-11-13(8-9-16(15)20(24)25)7-4-10-19-18(23)26-12-14-5-2-1-3-6-14/h1-9,11H,10,12H2,(H,19,23)(H,21,22). The SMILES string of the molecule is O=C(NCC=Cc1ccc([N+](=O)[O-])c(C(=O)O)c1)OCc1ccccc1. The third-order valence-corrected chi connectivity index (χ3v) is 3.34. The smallest absolute Gasteiger partial charge is 0.407 e. The Morgan fingerprint density at radius 1 is 1.19 bits per heavy atom. The van der Waals surface area contributed by atoms with E-state index >= 15 is 0 Å². The number of amides is 1. The first-order chi connectivity index (χ1) is 12.5. The number of ether oxygens (including phenoxy) is 1. The van der Waals surface area contributed by atoms with E-state index in [0.717, 1.165) is 11.6 Å². The van der Waals surface area contributed by atoms with Crippen LogP contribution in [0, 0.1) is 10.1 Å². The minimum absolute atomic E-state index is 0.153. The van der Waals surface area contributed by atoms with E-state index in [2.05, 4.69) is 5.32 Å². The molecule has 0 bridgehead atoms. The molecule has 8 heteroatoms. The van der Waals surface area contributed by atoms with Crippen LogP contribution in [0.15, 0.2) is 54.6 Å². The number of nitrogens with zero attached hydrogens (tertiary/aromatic N) is 1. The monoisotopic (exact) mass is 356 g/mol. The summed E-state index contributed by atoms with van der Waals surface area (Å²) in [5.41, 5.74) is 0.461. The summed E-state index contributed by atoms with van der Waals surface area (Å²) < 4.78 is 5.04. The van der Waals surface area contributed by atoms with E-state index in [1.165, 1.54) is 12.1 Å². The van der Waals surface area contributed by atoms with Gasteiger partial charge in [0.1, 0.15) is 12.2 Å². The number of hydrogen-bond donors (Lipinski definition) is 2. The first kappa shape index (κ1) is 18.7. The molecule has 0 fully saturated rings. The number of carboxylic acids is 1. The number of carbonyl (C=O) groups is 2. The predicted octanol–water partition coefficient (Wildman–Crippen LogP) is 3.23. The molecule has 2 N–H and O–H groups in total. The van der Waals surface area contributed by atoms with E-state index in [4.69, 9.17) is 9.84 Å². The lowest BCUT2D eigenvalue weighted by Gasteiger charge is -2.05. The highest BCUT2D eigenvalue weighted by Gasteiger charge is 2.19. The second kappa shape index (κ2) is 8.97. The van der Waals surface area contributed by atoms with Gasteiger partial charge in [0.15, 0.2) is 0 Å². The molecule has 0 saturated heterocycles. The number of carboxylic acid groups (broad SMARTS) is 1. The van der Waals surface area contributed by atoms with E-state index in [1.807, 2.05) is 30.3 Å². The van der Waals surface area contributed by atoms with Gasteiger partial charge in [0, 0.05) is 12.6 Å². The number of nitro benzene ring substituents is 1. The van der Waals surface area contributed by atoms with Gasteiger partial charge in [0.2, 0.25) is 0 Å². The number of nitrogens with one attached hydrogen (secondary N) is 1. The molecule has 1 amide bonds. The molecule has 134 valence electrons. The maximum absolute atomic E-state index is 11.6. The topological polar surface area (TPSA) is 119 Å². The molecule has 0 atom stereocenters. The Bertz CT molecular complexity index is 833. The largest absolute Gasteiger partial charge is 0.477 e. The number of alkyl carbamates (subject to hydrolysis) is 1. The summed E-state index contributed by atoms with van der Waals surface area (Å²) >= 11 is 0. The molecule has 0 radical (unpaired) electrons. The third kappa shape index (κ3) is 5.45. The summed E-state index contributed by atoms with van der Waals surface area (Å²) in [7, 11) is 0. The van der Waals surface area contributed by atoms with Crippen molar-refractivity contribution in [3.8, 4) is 0 Å². The lowest BCUT2D eigenvalue weighted by molar-refractivity contribution is -0.385. The second-order valence-corrected chi connectivity index (χ2v) is 5.18. The van der Waals surface area contributed by atoms with Gasteiger partial charge in [-0.3, -0.25) is 10.1 Å². The van der Waals surface area contributed by atoms with Crippen LogP contribution in [0.3, 0.4) is 0 Å². The predicted molar refractivity (Wildman–Crippen MR) is 93.7 cm³/mol. The molecule has 0 aliphatic heterocycles. The Morgan fingerprint density at radius 2 is 1.92 bits per heavy atom. The van der Waals surface area contributed by atoms with Crippen molar-refractivity contribution in [3.63, 3.8) is 0 Å². The van der Waals surface area contributed by atoms with E-state index in [0.29, 0.717) is 5.56 Å². The molecule has 0 heterocycles. The first-order valence-electron chi connectivity index (χ1n) is 7.60. The normalized spacial score (nSPS) is 10.5. The van der Waals surface area contributed by atoms with E-state index in [-0.39, 0.29) is 13.2 Å².